The first kappa shape index (κ1) is 24.7. The second-order valence-electron chi connectivity index (χ2n) is 7.37. The lowest BCUT2D eigenvalue weighted by molar-refractivity contribution is -0.158. The molecule has 0 atom stereocenters. The van der Waals surface area contributed by atoms with E-state index in [1.54, 1.807) is 36.7 Å². The van der Waals surface area contributed by atoms with Crippen LogP contribution in [-0.2, 0) is 6.18 Å². The summed E-state index contributed by atoms with van der Waals surface area (Å²) < 4.78 is 86.9. The predicted molar refractivity (Wildman–Crippen MR) is 118 cm³/mol. The summed E-state index contributed by atoms with van der Waals surface area (Å²) in [6.07, 6.45) is -6.52. The van der Waals surface area contributed by atoms with Crippen LogP contribution in [0.1, 0.15) is 5.56 Å². The SMILES string of the molecule is O=C(Nc1ccc(Oc2ccnc3[nH]ccc23)cc1)Nc1ccc(OCC(F)(F)F)c(C(F)(F)F)c1. The number of alkyl halides is 6. The molecule has 0 aliphatic carbocycles. The zero-order chi connectivity index (χ0) is 25.9. The first-order valence-corrected chi connectivity index (χ1v) is 10.2. The zero-order valence-electron chi connectivity index (χ0n) is 18.0. The highest BCUT2D eigenvalue weighted by molar-refractivity contribution is 5.99. The van der Waals surface area contributed by atoms with Gasteiger partial charge >= 0.3 is 18.4 Å². The number of carbonyl (C=O) groups excluding carboxylic acids is 1. The second kappa shape index (κ2) is 9.68. The smallest absolute Gasteiger partial charge is 0.422 e. The Bertz CT molecular complexity index is 1370. The maximum Gasteiger partial charge on any atom is 0.422 e. The van der Waals surface area contributed by atoms with Crippen molar-refractivity contribution >= 4 is 28.4 Å². The Balaban J connectivity index is 1.40. The van der Waals surface area contributed by atoms with E-state index in [1.807, 2.05) is 0 Å². The van der Waals surface area contributed by atoms with Crippen LogP contribution in [0.3, 0.4) is 0 Å². The van der Waals surface area contributed by atoms with Crippen LogP contribution >= 0.6 is 0 Å². The summed E-state index contributed by atoms with van der Waals surface area (Å²) in [6.45, 7) is -1.89. The molecule has 2 aromatic heterocycles. The molecular weight excluding hydrogens is 494 g/mol. The monoisotopic (exact) mass is 510 g/mol. The Labute approximate surface area is 199 Å². The van der Waals surface area contributed by atoms with Gasteiger partial charge in [-0.2, -0.15) is 26.3 Å². The summed E-state index contributed by atoms with van der Waals surface area (Å²) in [6, 6.07) is 11.0. The molecule has 0 spiro atoms. The van der Waals surface area contributed by atoms with E-state index in [9.17, 15) is 31.1 Å². The van der Waals surface area contributed by atoms with E-state index in [0.717, 1.165) is 11.5 Å². The van der Waals surface area contributed by atoms with Crippen molar-refractivity contribution in [3.05, 3.63) is 72.6 Å². The number of nitrogens with one attached hydrogen (secondary N) is 3. The van der Waals surface area contributed by atoms with Gasteiger partial charge in [-0.1, -0.05) is 0 Å². The molecule has 2 amide bonds. The first-order chi connectivity index (χ1) is 17.0. The normalized spacial score (nSPS) is 11.8. The number of urea groups is 1. The molecule has 0 bridgehead atoms. The summed E-state index contributed by atoms with van der Waals surface area (Å²) in [5.41, 5.74) is -0.801. The summed E-state index contributed by atoms with van der Waals surface area (Å²) in [5.74, 6) is 0.00855. The van der Waals surface area contributed by atoms with Crippen molar-refractivity contribution in [2.24, 2.45) is 0 Å². The maximum atomic E-state index is 13.3. The van der Waals surface area contributed by atoms with Crippen LogP contribution in [0.4, 0.5) is 42.5 Å². The Hall–Kier alpha value is -4.42. The number of carbonyl (C=O) groups is 1. The van der Waals surface area contributed by atoms with E-state index in [1.165, 1.54) is 12.1 Å². The minimum absolute atomic E-state index is 0.299. The van der Waals surface area contributed by atoms with Crippen molar-refractivity contribution in [3.8, 4) is 17.2 Å². The van der Waals surface area contributed by atoms with Gasteiger partial charge in [0.2, 0.25) is 0 Å². The van der Waals surface area contributed by atoms with Gasteiger partial charge in [0.1, 0.15) is 22.9 Å². The van der Waals surface area contributed by atoms with E-state index < -0.39 is 36.3 Å². The molecule has 3 N–H and O–H groups in total. The van der Waals surface area contributed by atoms with Gasteiger partial charge < -0.3 is 25.1 Å². The van der Waals surface area contributed by atoms with Gasteiger partial charge in [-0.05, 0) is 54.6 Å². The van der Waals surface area contributed by atoms with E-state index in [-0.39, 0.29) is 5.69 Å². The Kier molecular flexibility index (Phi) is 6.64. The van der Waals surface area contributed by atoms with E-state index in [2.05, 4.69) is 25.3 Å². The molecule has 36 heavy (non-hydrogen) atoms. The summed E-state index contributed by atoms with van der Waals surface area (Å²) >= 11 is 0. The summed E-state index contributed by atoms with van der Waals surface area (Å²) in [7, 11) is 0. The molecule has 0 radical (unpaired) electrons. The quantitative estimate of drug-likeness (QED) is 0.245. The fourth-order valence-corrected chi connectivity index (χ4v) is 3.17. The van der Waals surface area contributed by atoms with Gasteiger partial charge in [-0.15, -0.1) is 0 Å². The number of H-pyrrole nitrogens is 1. The number of rotatable bonds is 6. The average molecular weight is 510 g/mol. The van der Waals surface area contributed by atoms with Gasteiger partial charge in [0, 0.05) is 23.8 Å². The van der Waals surface area contributed by atoms with Crippen LogP contribution in [-0.4, -0.2) is 28.8 Å². The van der Waals surface area contributed by atoms with Crippen LogP contribution in [0.5, 0.6) is 17.2 Å². The van der Waals surface area contributed by atoms with Crippen molar-refractivity contribution in [1.82, 2.24) is 9.97 Å². The lowest BCUT2D eigenvalue weighted by atomic mass is 10.1. The van der Waals surface area contributed by atoms with Crippen molar-refractivity contribution < 1.29 is 40.6 Å². The molecule has 13 heteroatoms. The van der Waals surface area contributed by atoms with Crippen LogP contribution in [0, 0.1) is 0 Å². The number of aromatic amines is 1. The third-order valence-electron chi connectivity index (χ3n) is 4.69. The topological polar surface area (TPSA) is 88.3 Å². The minimum atomic E-state index is -5.01. The highest BCUT2D eigenvalue weighted by Gasteiger charge is 2.36. The number of nitrogens with zero attached hydrogens (tertiary/aromatic N) is 1. The van der Waals surface area contributed by atoms with Gasteiger partial charge in [-0.25, -0.2) is 9.78 Å². The second-order valence-corrected chi connectivity index (χ2v) is 7.37. The van der Waals surface area contributed by atoms with Crippen LogP contribution in [0.25, 0.3) is 11.0 Å². The molecule has 4 rings (SSSR count). The minimum Gasteiger partial charge on any atom is -0.483 e. The molecule has 188 valence electrons. The van der Waals surface area contributed by atoms with Crippen LogP contribution in [0.2, 0.25) is 0 Å². The maximum absolute atomic E-state index is 13.3. The van der Waals surface area contributed by atoms with Gasteiger partial charge in [0.15, 0.2) is 6.61 Å². The Morgan fingerprint density at radius 2 is 1.58 bits per heavy atom. The summed E-state index contributed by atoms with van der Waals surface area (Å²) in [4.78, 5) is 19.4. The summed E-state index contributed by atoms with van der Waals surface area (Å²) in [5, 5.41) is 5.42. The number of hydrogen-bond donors (Lipinski definition) is 3. The first-order valence-electron chi connectivity index (χ1n) is 10.2. The molecular formula is C23H16F6N4O3. The molecule has 0 saturated heterocycles. The van der Waals surface area contributed by atoms with Crippen LogP contribution in [0.15, 0.2) is 67.0 Å². The molecule has 0 saturated carbocycles. The average Bonchev–Trinajstić information content (AvgIpc) is 3.28. The molecule has 2 aromatic carbocycles. The molecule has 7 nitrogen and oxygen atoms in total. The number of halogens is 6. The lowest BCUT2D eigenvalue weighted by Crippen LogP contribution is -2.22. The standard InChI is InChI=1S/C23H16F6N4O3/c24-22(25,26)12-35-19-6-3-14(11-17(19)23(27,28)29)33-21(34)32-13-1-4-15(5-2-13)36-18-8-10-31-20-16(18)7-9-30-20/h1-11H,12H2,(H,30,31)(H2,32,33,34). The third-order valence-corrected chi connectivity index (χ3v) is 4.69. The van der Waals surface area contributed by atoms with Crippen molar-refractivity contribution in [2.45, 2.75) is 12.4 Å². The number of benzene rings is 2. The van der Waals surface area contributed by atoms with Gasteiger partial charge in [0.05, 0.1) is 10.9 Å². The number of anilines is 2. The van der Waals surface area contributed by atoms with Gasteiger partial charge in [-0.3, -0.25) is 0 Å². The van der Waals surface area contributed by atoms with E-state index in [4.69, 9.17) is 4.74 Å². The number of ether oxygens (including phenoxy) is 2. The van der Waals surface area contributed by atoms with E-state index in [0.29, 0.717) is 35.0 Å². The Morgan fingerprint density at radius 3 is 2.28 bits per heavy atom. The highest BCUT2D eigenvalue weighted by Crippen LogP contribution is 2.38. The number of aromatic nitrogens is 2. The highest BCUT2D eigenvalue weighted by atomic mass is 19.4. The molecule has 0 aliphatic rings. The third kappa shape index (κ3) is 6.17. The predicted octanol–water partition coefficient (Wildman–Crippen LogP) is 6.96. The molecule has 0 aliphatic heterocycles. The fraction of sp³-hybridized carbons (Fsp3) is 0.130. The number of pyridine rings is 1. The molecule has 0 unspecified atom stereocenters. The zero-order valence-corrected chi connectivity index (χ0v) is 18.0. The lowest BCUT2D eigenvalue weighted by Gasteiger charge is -2.17. The fourth-order valence-electron chi connectivity index (χ4n) is 3.17. The van der Waals surface area contributed by atoms with Crippen LogP contribution < -0.4 is 20.1 Å². The van der Waals surface area contributed by atoms with Crippen molar-refractivity contribution in [3.63, 3.8) is 0 Å². The molecule has 2 heterocycles. The van der Waals surface area contributed by atoms with Crippen molar-refractivity contribution in [1.29, 1.82) is 0 Å². The molecule has 0 fully saturated rings. The van der Waals surface area contributed by atoms with Gasteiger partial charge in [0.25, 0.3) is 0 Å². The number of fused-ring (bicyclic) bond motifs is 1. The molecule has 4 aromatic rings. The number of amides is 2. The van der Waals surface area contributed by atoms with E-state index >= 15 is 0 Å². The Morgan fingerprint density at radius 1 is 0.889 bits per heavy atom. The van der Waals surface area contributed by atoms with Crippen molar-refractivity contribution in [2.75, 3.05) is 17.2 Å². The number of hydrogen-bond acceptors (Lipinski definition) is 4. The largest absolute Gasteiger partial charge is 0.483 e.